The SMILES string of the molecule is CCCCCCCCCCCCCCCC[N+](C)(C)Cc1cccc(Cc2ccc([B-](CCCCCC)(c3ccc(C)c(Cl)c3)c3ccc(C)c(Cl)c3)cc2Cl)c1. The average Bonchev–Trinajstić information content (AvgIpc) is 3.18. The van der Waals surface area contributed by atoms with Gasteiger partial charge in [-0.15, -0.1) is 0 Å². The Morgan fingerprint density at radius 2 is 0.912 bits per heavy atom. The highest BCUT2D eigenvalue weighted by atomic mass is 35.5. The number of hydrogen-bond acceptors (Lipinski definition) is 0. The third kappa shape index (κ3) is 15.1. The van der Waals surface area contributed by atoms with Crippen LogP contribution >= 0.6 is 34.8 Å². The van der Waals surface area contributed by atoms with Gasteiger partial charge in [-0.2, -0.15) is 22.7 Å². The van der Waals surface area contributed by atoms with E-state index in [1.54, 1.807) is 0 Å². The van der Waals surface area contributed by atoms with Crippen LogP contribution in [-0.2, 0) is 13.0 Å². The van der Waals surface area contributed by atoms with E-state index in [-0.39, 0.29) is 0 Å². The van der Waals surface area contributed by atoms with Gasteiger partial charge in [0.25, 0.3) is 0 Å². The topological polar surface area (TPSA) is 0 Å². The highest BCUT2D eigenvalue weighted by Crippen LogP contribution is 2.27. The highest BCUT2D eigenvalue weighted by molar-refractivity contribution is 7.11. The summed E-state index contributed by atoms with van der Waals surface area (Å²) in [6.45, 7) is 11.0. The van der Waals surface area contributed by atoms with Gasteiger partial charge in [-0.1, -0.05) is 224 Å². The van der Waals surface area contributed by atoms with E-state index >= 15 is 0 Å². The van der Waals surface area contributed by atoms with Gasteiger partial charge in [0.1, 0.15) is 6.54 Å². The van der Waals surface area contributed by atoms with E-state index in [0.29, 0.717) is 0 Å². The summed E-state index contributed by atoms with van der Waals surface area (Å²) in [6.07, 6.45) is 24.8. The predicted octanol–water partition coefficient (Wildman–Crippen LogP) is 15.0. The summed E-state index contributed by atoms with van der Waals surface area (Å²) in [7, 11) is 4.78. The molecule has 0 amide bonds. The lowest BCUT2D eigenvalue weighted by atomic mass is 9.14. The van der Waals surface area contributed by atoms with Gasteiger partial charge in [0.2, 0.25) is 0 Å². The number of unbranched alkanes of at least 4 members (excludes halogenated alkanes) is 16. The van der Waals surface area contributed by atoms with Gasteiger partial charge in [0, 0.05) is 20.6 Å². The molecule has 5 heteroatoms. The number of rotatable bonds is 27. The molecule has 0 N–H and O–H groups in total. The molecule has 4 aromatic rings. The molecule has 0 aliphatic rings. The van der Waals surface area contributed by atoms with Gasteiger partial charge in [0.05, 0.1) is 26.8 Å². The highest BCUT2D eigenvalue weighted by Gasteiger charge is 2.31. The third-order valence-corrected chi connectivity index (χ3v) is 13.9. The Bertz CT molecular complexity index is 1730. The average molecular weight is 831 g/mol. The van der Waals surface area contributed by atoms with Crippen LogP contribution in [0.2, 0.25) is 21.4 Å². The van der Waals surface area contributed by atoms with E-state index in [0.717, 1.165) is 61.9 Å². The molecule has 0 atom stereocenters. The van der Waals surface area contributed by atoms with Gasteiger partial charge in [-0.25, -0.2) is 0 Å². The first-order chi connectivity index (χ1) is 27.5. The normalized spacial score (nSPS) is 12.1. The molecule has 0 bridgehead atoms. The molecule has 0 spiro atoms. The Labute approximate surface area is 364 Å². The molecule has 4 rings (SSSR count). The van der Waals surface area contributed by atoms with E-state index in [9.17, 15) is 0 Å². The molecule has 1 nitrogen and oxygen atoms in total. The molecule has 0 fully saturated rings. The number of halogens is 3. The fraction of sp³-hybridized carbons (Fsp3) is 0.538. The molecule has 0 unspecified atom stereocenters. The molecule has 0 aromatic heterocycles. The smallest absolute Gasteiger partial charge is 0.104 e. The largest absolute Gasteiger partial charge is 0.325 e. The van der Waals surface area contributed by atoms with E-state index in [2.05, 4.69) is 121 Å². The molecule has 57 heavy (non-hydrogen) atoms. The maximum Gasteiger partial charge on any atom is 0.104 e. The van der Waals surface area contributed by atoms with Crippen LogP contribution in [0.1, 0.15) is 157 Å². The second kappa shape index (κ2) is 24.8. The Hall–Kier alpha value is -2.23. The van der Waals surface area contributed by atoms with E-state index < -0.39 is 6.15 Å². The number of hydrogen-bond donors (Lipinski definition) is 0. The minimum atomic E-state index is -1.39. The summed E-state index contributed by atoms with van der Waals surface area (Å²) < 4.78 is 1.02. The van der Waals surface area contributed by atoms with Crippen LogP contribution < -0.4 is 16.4 Å². The number of aryl methyl sites for hydroxylation is 2. The van der Waals surface area contributed by atoms with Crippen LogP contribution in [0.5, 0.6) is 0 Å². The zero-order valence-corrected chi connectivity index (χ0v) is 39.0. The lowest BCUT2D eigenvalue weighted by Crippen LogP contribution is -2.67. The van der Waals surface area contributed by atoms with E-state index in [1.165, 1.54) is 143 Å². The zero-order chi connectivity index (χ0) is 41.1. The summed E-state index contributed by atoms with van der Waals surface area (Å²) in [6, 6.07) is 29.3. The van der Waals surface area contributed by atoms with Crippen molar-refractivity contribution in [3.05, 3.63) is 122 Å². The van der Waals surface area contributed by atoms with Crippen molar-refractivity contribution in [3.8, 4) is 0 Å². The van der Waals surface area contributed by atoms with Crippen molar-refractivity contribution < 1.29 is 4.48 Å². The second-order valence-electron chi connectivity index (χ2n) is 18.2. The molecule has 0 saturated heterocycles. The Kier molecular flexibility index (Phi) is 20.6. The lowest BCUT2D eigenvalue weighted by Gasteiger charge is -2.44. The molecule has 312 valence electrons. The van der Waals surface area contributed by atoms with E-state index in [1.807, 2.05) is 0 Å². The first-order valence-electron chi connectivity index (χ1n) is 22.9. The zero-order valence-electron chi connectivity index (χ0n) is 36.7. The summed E-state index contributed by atoms with van der Waals surface area (Å²) in [5.41, 5.74) is 9.78. The molecule has 0 radical (unpaired) electrons. The summed E-state index contributed by atoms with van der Waals surface area (Å²) in [5, 5.41) is 2.42. The maximum absolute atomic E-state index is 7.31. The summed E-state index contributed by atoms with van der Waals surface area (Å²) >= 11 is 21.0. The molecule has 4 aromatic carbocycles. The van der Waals surface area contributed by atoms with Gasteiger partial charge >= 0.3 is 0 Å². The Morgan fingerprint density at radius 1 is 0.474 bits per heavy atom. The van der Waals surface area contributed by atoms with Crippen molar-refractivity contribution >= 4 is 57.3 Å². The first kappa shape index (κ1) is 47.5. The summed E-state index contributed by atoms with van der Waals surface area (Å²) in [5.74, 6) is 0. The van der Waals surface area contributed by atoms with Crippen molar-refractivity contribution in [2.75, 3.05) is 20.6 Å². The quantitative estimate of drug-likeness (QED) is 0.0319. The standard InChI is InChI=1S/C52H75BCl3N/c1-7-9-11-13-14-15-16-17-18-19-20-21-22-24-35-57(5,6)41-45-27-25-26-44(36-45)37-46-30-33-49(40-52(46)56)53(34-23-12-10-8-2,47-31-28-42(3)50(54)38-47)48-32-29-43(4)51(55)39-48/h25-33,36,38-40H,7-24,34-35,37,41H2,1-6H3. The Balaban J connectivity index is 1.40. The van der Waals surface area contributed by atoms with Gasteiger partial charge in [-0.05, 0) is 61.4 Å². The van der Waals surface area contributed by atoms with Crippen LogP contribution in [-0.4, -0.2) is 31.3 Å². The van der Waals surface area contributed by atoms with Crippen LogP contribution in [0.3, 0.4) is 0 Å². The minimum Gasteiger partial charge on any atom is -0.325 e. The van der Waals surface area contributed by atoms with Crippen molar-refractivity contribution in [2.45, 2.75) is 163 Å². The summed E-state index contributed by atoms with van der Waals surface area (Å²) in [4.78, 5) is 0. The molecule has 0 aliphatic carbocycles. The molecule has 0 heterocycles. The predicted molar refractivity (Wildman–Crippen MR) is 258 cm³/mol. The van der Waals surface area contributed by atoms with Gasteiger partial charge < -0.3 is 4.48 Å². The molecule has 0 aliphatic heterocycles. The molecular formula is C52H75BCl3N. The van der Waals surface area contributed by atoms with E-state index in [4.69, 9.17) is 34.8 Å². The third-order valence-electron chi connectivity index (χ3n) is 12.8. The van der Waals surface area contributed by atoms with Crippen LogP contribution in [0.25, 0.3) is 0 Å². The van der Waals surface area contributed by atoms with Crippen LogP contribution in [0.4, 0.5) is 0 Å². The number of quaternary nitrogens is 1. The first-order valence-corrected chi connectivity index (χ1v) is 24.0. The lowest BCUT2D eigenvalue weighted by molar-refractivity contribution is -0.903. The Morgan fingerprint density at radius 3 is 1.40 bits per heavy atom. The van der Waals surface area contributed by atoms with Crippen molar-refractivity contribution in [3.63, 3.8) is 0 Å². The second-order valence-corrected chi connectivity index (χ2v) is 19.4. The van der Waals surface area contributed by atoms with Crippen molar-refractivity contribution in [2.24, 2.45) is 0 Å². The van der Waals surface area contributed by atoms with Crippen molar-refractivity contribution in [1.29, 1.82) is 0 Å². The van der Waals surface area contributed by atoms with Crippen LogP contribution in [0.15, 0.2) is 78.9 Å². The maximum atomic E-state index is 7.31. The molecule has 0 saturated carbocycles. The minimum absolute atomic E-state index is 0.800. The number of nitrogens with zero attached hydrogens (tertiary/aromatic N) is 1. The fourth-order valence-electron chi connectivity index (χ4n) is 9.16. The van der Waals surface area contributed by atoms with Crippen LogP contribution in [0, 0.1) is 13.8 Å². The number of benzene rings is 4. The van der Waals surface area contributed by atoms with Gasteiger partial charge in [-0.3, -0.25) is 0 Å². The molecular weight excluding hydrogens is 756 g/mol. The monoisotopic (exact) mass is 830 g/mol. The van der Waals surface area contributed by atoms with Gasteiger partial charge in [0.15, 0.2) is 0 Å². The fourth-order valence-corrected chi connectivity index (χ4v) is 9.80. The van der Waals surface area contributed by atoms with Crippen molar-refractivity contribution in [1.82, 2.24) is 0 Å².